The number of amides is 1. The Hall–Kier alpha value is -3.96. The molecule has 0 spiro atoms. The molecule has 0 saturated carbocycles. The SMILES string of the molecule is COc1cc(OC)c(F)c(COc2cnc(Nc3cc(C(N)=O)n[nH]3)nc2)c1F. The van der Waals surface area contributed by atoms with Crippen LogP contribution in [0, 0.1) is 11.6 Å². The van der Waals surface area contributed by atoms with Gasteiger partial charge in [-0.15, -0.1) is 0 Å². The molecule has 0 fully saturated rings. The number of hydrogen-bond acceptors (Lipinski definition) is 8. The smallest absolute Gasteiger partial charge is 0.269 e. The Morgan fingerprint density at radius 3 is 2.28 bits per heavy atom. The second-order valence-electron chi connectivity index (χ2n) is 5.57. The third-order valence-electron chi connectivity index (χ3n) is 3.75. The van der Waals surface area contributed by atoms with Gasteiger partial charge in [-0.05, 0) is 0 Å². The lowest BCUT2D eigenvalue weighted by atomic mass is 10.1. The van der Waals surface area contributed by atoms with Crippen LogP contribution in [0.15, 0.2) is 24.5 Å². The molecule has 2 aromatic heterocycles. The highest BCUT2D eigenvalue weighted by molar-refractivity contribution is 5.91. The summed E-state index contributed by atoms with van der Waals surface area (Å²) in [7, 11) is 2.51. The lowest BCUT2D eigenvalue weighted by Crippen LogP contribution is -2.11. The maximum atomic E-state index is 14.3. The fraction of sp³-hybridized carbons (Fsp3) is 0.176. The van der Waals surface area contributed by atoms with Gasteiger partial charge in [-0.3, -0.25) is 9.89 Å². The predicted molar refractivity (Wildman–Crippen MR) is 96.2 cm³/mol. The quantitative estimate of drug-likeness (QED) is 0.516. The molecule has 0 aliphatic heterocycles. The van der Waals surface area contributed by atoms with E-state index < -0.39 is 24.1 Å². The van der Waals surface area contributed by atoms with Crippen LogP contribution < -0.4 is 25.3 Å². The Morgan fingerprint density at radius 1 is 1.14 bits per heavy atom. The monoisotopic (exact) mass is 406 g/mol. The van der Waals surface area contributed by atoms with Crippen molar-refractivity contribution in [3.05, 3.63) is 47.4 Å². The molecular formula is C17H16F2N6O4. The highest BCUT2D eigenvalue weighted by Crippen LogP contribution is 2.31. The van der Waals surface area contributed by atoms with Gasteiger partial charge in [0.25, 0.3) is 5.91 Å². The maximum absolute atomic E-state index is 14.3. The Morgan fingerprint density at radius 2 is 1.76 bits per heavy atom. The Labute approximate surface area is 163 Å². The number of nitrogens with one attached hydrogen (secondary N) is 2. The molecule has 0 bridgehead atoms. The number of H-pyrrole nitrogens is 1. The first kappa shape index (κ1) is 19.8. The fourth-order valence-corrected chi connectivity index (χ4v) is 2.31. The van der Waals surface area contributed by atoms with E-state index in [1.807, 2.05) is 0 Å². The van der Waals surface area contributed by atoms with Gasteiger partial charge in [0.2, 0.25) is 5.95 Å². The molecule has 10 nitrogen and oxygen atoms in total. The number of aromatic nitrogens is 4. The molecule has 12 heteroatoms. The summed E-state index contributed by atoms with van der Waals surface area (Å²) in [6.07, 6.45) is 2.60. The van der Waals surface area contributed by atoms with Gasteiger partial charge >= 0.3 is 0 Å². The largest absolute Gasteiger partial charge is 0.494 e. The highest BCUT2D eigenvalue weighted by atomic mass is 19.1. The zero-order valence-corrected chi connectivity index (χ0v) is 15.3. The van der Waals surface area contributed by atoms with Crippen molar-refractivity contribution in [1.82, 2.24) is 20.2 Å². The van der Waals surface area contributed by atoms with E-state index in [1.54, 1.807) is 0 Å². The highest BCUT2D eigenvalue weighted by Gasteiger charge is 2.20. The van der Waals surface area contributed by atoms with Gasteiger partial charge in [0.15, 0.2) is 34.6 Å². The van der Waals surface area contributed by atoms with Crippen LogP contribution in [0.2, 0.25) is 0 Å². The van der Waals surface area contributed by atoms with Crippen molar-refractivity contribution in [2.45, 2.75) is 6.61 Å². The zero-order chi connectivity index (χ0) is 21.0. The summed E-state index contributed by atoms with van der Waals surface area (Å²) in [6.45, 7) is -0.441. The summed E-state index contributed by atoms with van der Waals surface area (Å²) in [4.78, 5) is 19.0. The third-order valence-corrected chi connectivity index (χ3v) is 3.75. The minimum Gasteiger partial charge on any atom is -0.494 e. The molecule has 29 heavy (non-hydrogen) atoms. The van der Waals surface area contributed by atoms with Crippen LogP contribution in [-0.2, 0) is 6.61 Å². The van der Waals surface area contributed by atoms with Gasteiger partial charge < -0.3 is 25.3 Å². The number of benzene rings is 1. The number of carbonyl (C=O) groups excluding carboxylic acids is 1. The molecule has 0 aliphatic carbocycles. The predicted octanol–water partition coefficient (Wildman–Crippen LogP) is 1.92. The zero-order valence-electron chi connectivity index (χ0n) is 15.3. The number of carbonyl (C=O) groups is 1. The van der Waals surface area contributed by atoms with Crippen molar-refractivity contribution in [1.29, 1.82) is 0 Å². The summed E-state index contributed by atoms with van der Waals surface area (Å²) in [5.74, 6) is -2.15. The van der Waals surface area contributed by atoms with Crippen molar-refractivity contribution in [3.63, 3.8) is 0 Å². The number of methoxy groups -OCH3 is 2. The Bertz CT molecular complexity index is 997. The topological polar surface area (TPSA) is 137 Å². The van der Waals surface area contributed by atoms with E-state index >= 15 is 0 Å². The number of nitrogens with zero attached hydrogens (tertiary/aromatic N) is 3. The average molecular weight is 406 g/mol. The van der Waals surface area contributed by atoms with Crippen molar-refractivity contribution in [3.8, 4) is 17.2 Å². The van der Waals surface area contributed by atoms with Crippen LogP contribution in [0.1, 0.15) is 16.1 Å². The average Bonchev–Trinajstić information content (AvgIpc) is 3.18. The molecule has 1 aromatic carbocycles. The van der Waals surface area contributed by atoms with Crippen LogP contribution in [-0.4, -0.2) is 40.3 Å². The number of primary amides is 1. The first-order valence-electron chi connectivity index (χ1n) is 8.08. The van der Waals surface area contributed by atoms with Gasteiger partial charge in [-0.25, -0.2) is 18.7 Å². The normalized spacial score (nSPS) is 10.5. The molecule has 4 N–H and O–H groups in total. The number of halogens is 2. The van der Waals surface area contributed by atoms with Gasteiger partial charge in [0.05, 0.1) is 32.2 Å². The number of anilines is 2. The van der Waals surface area contributed by atoms with Crippen LogP contribution in [0.25, 0.3) is 0 Å². The van der Waals surface area contributed by atoms with E-state index in [9.17, 15) is 13.6 Å². The summed E-state index contributed by atoms with van der Waals surface area (Å²) in [5.41, 5.74) is 4.80. The molecule has 1 amide bonds. The summed E-state index contributed by atoms with van der Waals surface area (Å²) < 4.78 is 43.8. The van der Waals surface area contributed by atoms with Crippen LogP contribution in [0.4, 0.5) is 20.5 Å². The number of aromatic amines is 1. The van der Waals surface area contributed by atoms with Crippen molar-refractivity contribution < 1.29 is 27.8 Å². The Balaban J connectivity index is 1.70. The van der Waals surface area contributed by atoms with E-state index in [2.05, 4.69) is 25.5 Å². The van der Waals surface area contributed by atoms with Crippen LogP contribution >= 0.6 is 0 Å². The van der Waals surface area contributed by atoms with Crippen LogP contribution in [0.5, 0.6) is 17.2 Å². The number of ether oxygens (including phenoxy) is 3. The molecule has 2 heterocycles. The van der Waals surface area contributed by atoms with E-state index in [-0.39, 0.29) is 34.5 Å². The lowest BCUT2D eigenvalue weighted by molar-refractivity contribution is 0.0995. The Kier molecular flexibility index (Phi) is 5.71. The molecule has 0 radical (unpaired) electrons. The summed E-state index contributed by atoms with van der Waals surface area (Å²) in [5, 5.41) is 9.03. The summed E-state index contributed by atoms with van der Waals surface area (Å²) in [6, 6.07) is 2.49. The minimum absolute atomic E-state index is 0.0465. The lowest BCUT2D eigenvalue weighted by Gasteiger charge is -2.13. The van der Waals surface area contributed by atoms with E-state index in [0.717, 1.165) is 6.07 Å². The van der Waals surface area contributed by atoms with Crippen molar-refractivity contribution >= 4 is 17.7 Å². The molecule has 0 saturated heterocycles. The number of hydrogen-bond donors (Lipinski definition) is 3. The molecule has 152 valence electrons. The van der Waals surface area contributed by atoms with Gasteiger partial charge in [-0.2, -0.15) is 5.10 Å². The third kappa shape index (κ3) is 4.31. The molecule has 3 rings (SSSR count). The molecule has 3 aromatic rings. The molecule has 0 atom stereocenters. The second kappa shape index (κ2) is 8.37. The number of nitrogens with two attached hydrogens (primary N) is 1. The van der Waals surface area contributed by atoms with E-state index in [0.29, 0.717) is 5.82 Å². The van der Waals surface area contributed by atoms with E-state index in [4.69, 9.17) is 19.9 Å². The minimum atomic E-state index is -0.894. The van der Waals surface area contributed by atoms with Crippen molar-refractivity contribution in [2.75, 3.05) is 19.5 Å². The molecule has 0 aliphatic rings. The van der Waals surface area contributed by atoms with Gasteiger partial charge in [0, 0.05) is 12.1 Å². The van der Waals surface area contributed by atoms with Gasteiger partial charge in [-0.1, -0.05) is 0 Å². The summed E-state index contributed by atoms with van der Waals surface area (Å²) >= 11 is 0. The molecular weight excluding hydrogens is 390 g/mol. The maximum Gasteiger partial charge on any atom is 0.269 e. The van der Waals surface area contributed by atoms with Crippen molar-refractivity contribution in [2.24, 2.45) is 5.73 Å². The first-order chi connectivity index (χ1) is 13.9. The van der Waals surface area contributed by atoms with E-state index in [1.165, 1.54) is 32.7 Å². The second-order valence-corrected chi connectivity index (χ2v) is 5.57. The number of rotatable bonds is 8. The first-order valence-corrected chi connectivity index (χ1v) is 8.08. The molecule has 0 unspecified atom stereocenters. The standard InChI is InChI=1S/C17H16F2N6O4/c1-27-11-4-12(28-2)15(19)9(14(11)18)7-29-8-5-21-17(22-6-8)23-13-3-10(16(20)26)24-25-13/h3-6H,7H2,1-2H3,(H2,20,26)(H2,21,22,23,24,25). The van der Waals surface area contributed by atoms with Gasteiger partial charge in [0.1, 0.15) is 12.4 Å². The fourth-order valence-electron chi connectivity index (χ4n) is 2.31. The van der Waals surface area contributed by atoms with Crippen LogP contribution in [0.3, 0.4) is 0 Å².